The molecule has 8 heteroatoms. The maximum Gasteiger partial charge on any atom is 0.243 e. The van der Waals surface area contributed by atoms with Crippen LogP contribution in [0.15, 0.2) is 0 Å². The van der Waals surface area contributed by atoms with Crippen LogP contribution in [0, 0.1) is 16.7 Å². The normalized spacial score (nSPS) is 31.1. The highest BCUT2D eigenvalue weighted by atomic mass is 32.2. The molecule has 2 atom stereocenters. The molecule has 0 spiro atoms. The van der Waals surface area contributed by atoms with E-state index in [9.17, 15) is 18.5 Å². The van der Waals surface area contributed by atoms with Crippen LogP contribution in [0.2, 0.25) is 0 Å². The molecular formula is C16H25N3O4S. The number of fused-ring (bicyclic) bond motifs is 1. The smallest absolute Gasteiger partial charge is 0.243 e. The van der Waals surface area contributed by atoms with Gasteiger partial charge in [0.05, 0.1) is 31.1 Å². The van der Waals surface area contributed by atoms with Crippen molar-refractivity contribution in [3.05, 3.63) is 0 Å². The number of hydrogen-bond donors (Lipinski definition) is 0. The lowest BCUT2D eigenvalue weighted by Crippen LogP contribution is -2.53. The molecule has 0 bridgehead atoms. The summed E-state index contributed by atoms with van der Waals surface area (Å²) in [6.45, 7) is 1.78. The van der Waals surface area contributed by atoms with Crippen LogP contribution in [-0.4, -0.2) is 68.2 Å². The van der Waals surface area contributed by atoms with Gasteiger partial charge in [-0.05, 0) is 25.7 Å². The van der Waals surface area contributed by atoms with Gasteiger partial charge in [0, 0.05) is 19.6 Å². The summed E-state index contributed by atoms with van der Waals surface area (Å²) in [5, 5.41) is 9.53. The van der Waals surface area contributed by atoms with E-state index in [1.54, 1.807) is 4.90 Å². The molecule has 134 valence electrons. The molecule has 3 fully saturated rings. The minimum atomic E-state index is -3.29. The Morgan fingerprint density at radius 3 is 2.50 bits per heavy atom. The molecule has 1 amide bonds. The first kappa shape index (κ1) is 17.6. The number of sulfonamides is 1. The van der Waals surface area contributed by atoms with Gasteiger partial charge in [-0.3, -0.25) is 4.79 Å². The fraction of sp³-hybridized carbons (Fsp3) is 0.875. The molecule has 3 aliphatic rings. The number of morpholine rings is 1. The highest BCUT2D eigenvalue weighted by Crippen LogP contribution is 2.40. The summed E-state index contributed by atoms with van der Waals surface area (Å²) in [6.07, 6.45) is 5.34. The van der Waals surface area contributed by atoms with E-state index in [0.717, 1.165) is 12.8 Å². The Balaban J connectivity index is 1.75. The molecule has 0 N–H and O–H groups in total. The Hall–Kier alpha value is -1.17. The third-order valence-corrected chi connectivity index (χ3v) is 6.92. The van der Waals surface area contributed by atoms with Crippen LogP contribution in [-0.2, 0) is 19.6 Å². The maximum atomic E-state index is 12.9. The number of likely N-dealkylation sites (tertiary alicyclic amines) is 1. The molecule has 7 nitrogen and oxygen atoms in total. The number of carbonyl (C=O) groups excluding carboxylic acids is 1. The summed E-state index contributed by atoms with van der Waals surface area (Å²) < 4.78 is 31.3. The number of carbonyl (C=O) groups is 1. The topological polar surface area (TPSA) is 90.7 Å². The Bertz CT molecular complexity index is 636. The van der Waals surface area contributed by atoms with Gasteiger partial charge in [-0.2, -0.15) is 9.57 Å². The molecule has 24 heavy (non-hydrogen) atoms. The molecule has 3 rings (SSSR count). The van der Waals surface area contributed by atoms with Gasteiger partial charge in [-0.15, -0.1) is 0 Å². The molecule has 1 aliphatic carbocycles. The van der Waals surface area contributed by atoms with Crippen molar-refractivity contribution in [1.29, 1.82) is 5.26 Å². The second-order valence-electron chi connectivity index (χ2n) is 7.12. The average Bonchev–Trinajstić information content (AvgIpc) is 2.94. The van der Waals surface area contributed by atoms with Gasteiger partial charge in [-0.1, -0.05) is 12.8 Å². The molecule has 0 unspecified atom stereocenters. The van der Waals surface area contributed by atoms with Crippen LogP contribution in [0.3, 0.4) is 0 Å². The molecule has 2 saturated heterocycles. The number of rotatable bonds is 2. The van der Waals surface area contributed by atoms with Crippen molar-refractivity contribution in [1.82, 2.24) is 9.21 Å². The van der Waals surface area contributed by atoms with Crippen LogP contribution in [0.25, 0.3) is 0 Å². The van der Waals surface area contributed by atoms with Gasteiger partial charge in [0.1, 0.15) is 5.41 Å². The number of amides is 1. The standard InChI is InChI=1S/C16H25N3O4S/c1-24(21,22)19-10-11-23-14-5-9-18(8-4-13(14)19)15(20)16(12-17)6-2-3-7-16/h13-14H,2-11H2,1H3/t13-,14-/m1/s1. The highest BCUT2D eigenvalue weighted by Gasteiger charge is 2.46. The second-order valence-corrected chi connectivity index (χ2v) is 9.06. The van der Waals surface area contributed by atoms with Gasteiger partial charge >= 0.3 is 0 Å². The highest BCUT2D eigenvalue weighted by molar-refractivity contribution is 7.88. The summed E-state index contributed by atoms with van der Waals surface area (Å²) in [5.74, 6) is -0.0768. The van der Waals surface area contributed by atoms with Crippen molar-refractivity contribution >= 4 is 15.9 Å². The quantitative estimate of drug-likeness (QED) is 0.728. The molecule has 1 saturated carbocycles. The van der Waals surface area contributed by atoms with Gasteiger partial charge in [0.2, 0.25) is 15.9 Å². The second kappa shape index (κ2) is 6.62. The first-order chi connectivity index (χ1) is 11.4. The largest absolute Gasteiger partial charge is 0.375 e. The lowest BCUT2D eigenvalue weighted by molar-refractivity contribution is -0.138. The zero-order valence-corrected chi connectivity index (χ0v) is 14.9. The summed E-state index contributed by atoms with van der Waals surface area (Å²) in [4.78, 5) is 14.7. The Kier molecular flexibility index (Phi) is 4.87. The van der Waals surface area contributed by atoms with Crippen LogP contribution < -0.4 is 0 Å². The molecule has 0 aromatic carbocycles. The van der Waals surface area contributed by atoms with Crippen molar-refractivity contribution in [2.75, 3.05) is 32.5 Å². The van der Waals surface area contributed by atoms with Crippen LogP contribution in [0.5, 0.6) is 0 Å². The van der Waals surface area contributed by atoms with Crippen molar-refractivity contribution in [2.45, 2.75) is 50.7 Å². The summed E-state index contributed by atoms with van der Waals surface area (Å²) >= 11 is 0. The lowest BCUT2D eigenvalue weighted by atomic mass is 9.86. The number of ether oxygens (including phenoxy) is 1. The van der Waals surface area contributed by atoms with Gasteiger partial charge in [0.25, 0.3) is 0 Å². The monoisotopic (exact) mass is 355 g/mol. The molecule has 2 heterocycles. The Labute approximate surface area is 143 Å². The van der Waals surface area contributed by atoms with E-state index in [1.165, 1.54) is 10.6 Å². The van der Waals surface area contributed by atoms with Crippen LogP contribution >= 0.6 is 0 Å². The van der Waals surface area contributed by atoms with Crippen molar-refractivity contribution in [3.63, 3.8) is 0 Å². The third-order valence-electron chi connectivity index (χ3n) is 5.61. The molecule has 0 radical (unpaired) electrons. The van der Waals surface area contributed by atoms with E-state index in [0.29, 0.717) is 51.9 Å². The van der Waals surface area contributed by atoms with Crippen LogP contribution in [0.4, 0.5) is 0 Å². The van der Waals surface area contributed by atoms with E-state index in [1.807, 2.05) is 0 Å². The summed E-state index contributed by atoms with van der Waals surface area (Å²) in [5.41, 5.74) is -0.868. The minimum Gasteiger partial charge on any atom is -0.375 e. The average molecular weight is 355 g/mol. The zero-order valence-electron chi connectivity index (χ0n) is 14.1. The van der Waals surface area contributed by atoms with E-state index in [-0.39, 0.29) is 18.1 Å². The minimum absolute atomic E-state index is 0.0768. The number of hydrogen-bond acceptors (Lipinski definition) is 5. The van der Waals surface area contributed by atoms with Crippen molar-refractivity contribution in [3.8, 4) is 6.07 Å². The van der Waals surface area contributed by atoms with E-state index in [4.69, 9.17) is 4.74 Å². The predicted molar refractivity (Wildman–Crippen MR) is 87.4 cm³/mol. The summed E-state index contributed by atoms with van der Waals surface area (Å²) in [7, 11) is -3.29. The number of nitrogens with zero attached hydrogens (tertiary/aromatic N) is 3. The number of nitriles is 1. The van der Waals surface area contributed by atoms with Crippen molar-refractivity contribution in [2.24, 2.45) is 5.41 Å². The van der Waals surface area contributed by atoms with E-state index < -0.39 is 15.4 Å². The van der Waals surface area contributed by atoms with E-state index in [2.05, 4.69) is 6.07 Å². The third kappa shape index (κ3) is 3.17. The van der Waals surface area contributed by atoms with Gasteiger partial charge in [-0.25, -0.2) is 8.42 Å². The Morgan fingerprint density at radius 1 is 1.21 bits per heavy atom. The SMILES string of the molecule is CS(=O)(=O)N1CCO[C@@H]2CCN(C(=O)C3(C#N)CCCC3)CC[C@H]21. The molecule has 0 aromatic rings. The predicted octanol–water partition coefficient (Wildman–Crippen LogP) is 0.722. The first-order valence-corrected chi connectivity index (χ1v) is 10.5. The Morgan fingerprint density at radius 2 is 1.88 bits per heavy atom. The van der Waals surface area contributed by atoms with Gasteiger partial charge in [0.15, 0.2) is 0 Å². The van der Waals surface area contributed by atoms with Crippen LogP contribution in [0.1, 0.15) is 38.5 Å². The van der Waals surface area contributed by atoms with Crippen molar-refractivity contribution < 1.29 is 17.9 Å². The first-order valence-electron chi connectivity index (χ1n) is 8.66. The fourth-order valence-electron chi connectivity index (χ4n) is 4.31. The fourth-order valence-corrected chi connectivity index (χ4v) is 5.45. The van der Waals surface area contributed by atoms with Gasteiger partial charge < -0.3 is 9.64 Å². The molecule has 2 aliphatic heterocycles. The maximum absolute atomic E-state index is 12.9. The van der Waals surface area contributed by atoms with E-state index >= 15 is 0 Å². The lowest BCUT2D eigenvalue weighted by Gasteiger charge is -2.38. The summed E-state index contributed by atoms with van der Waals surface area (Å²) in [6, 6.07) is 2.05. The zero-order chi connectivity index (χ0) is 17.4. The molecule has 0 aromatic heterocycles. The molecular weight excluding hydrogens is 330 g/mol.